The molecule has 0 atom stereocenters. The molecule has 1 aromatic heterocycles. The van der Waals surface area contributed by atoms with Gasteiger partial charge < -0.3 is 4.98 Å². The third-order valence-corrected chi connectivity index (χ3v) is 3.85. The van der Waals surface area contributed by atoms with Gasteiger partial charge in [0.2, 0.25) is 5.43 Å². The van der Waals surface area contributed by atoms with Crippen LogP contribution >= 0.6 is 11.6 Å². The number of pyridine rings is 1. The summed E-state index contributed by atoms with van der Waals surface area (Å²) in [5, 5.41) is 0.987. The lowest BCUT2D eigenvalue weighted by Crippen LogP contribution is -2.32. The first-order valence-electron chi connectivity index (χ1n) is 6.25. The van der Waals surface area contributed by atoms with Gasteiger partial charge in [-0.25, -0.2) is 0 Å². The average molecular weight is 276 g/mol. The Morgan fingerprint density at radius 1 is 1.21 bits per heavy atom. The van der Waals surface area contributed by atoms with E-state index in [9.17, 15) is 9.59 Å². The second-order valence-electron chi connectivity index (χ2n) is 5.94. The molecule has 3 rings (SSSR count). The van der Waals surface area contributed by atoms with Gasteiger partial charge in [-0.2, -0.15) is 0 Å². The highest BCUT2D eigenvalue weighted by atomic mass is 35.5. The largest absolute Gasteiger partial charge is 0.358 e. The number of carbonyl (C=O) groups excluding carboxylic acids is 1. The summed E-state index contributed by atoms with van der Waals surface area (Å²) in [4.78, 5) is 27.9. The minimum Gasteiger partial charge on any atom is -0.358 e. The van der Waals surface area contributed by atoms with Crippen molar-refractivity contribution in [2.75, 3.05) is 0 Å². The van der Waals surface area contributed by atoms with E-state index in [1.165, 1.54) is 0 Å². The average Bonchev–Trinajstić information content (AvgIpc) is 2.28. The van der Waals surface area contributed by atoms with E-state index >= 15 is 0 Å². The second-order valence-corrected chi connectivity index (χ2v) is 6.37. The standard InChI is InChI=1S/C15H14ClNO2/c1-15(2)6-11-13(12(18)7-15)14(19)9-5-8(16)3-4-10(9)17-11/h3-5H,6-7H2,1-2H3,(H,17,19). The first-order chi connectivity index (χ1) is 8.87. The predicted octanol–water partition coefficient (Wildman–Crippen LogP) is 3.34. The highest BCUT2D eigenvalue weighted by molar-refractivity contribution is 6.31. The number of hydrogen-bond donors (Lipinski definition) is 1. The van der Waals surface area contributed by atoms with Gasteiger partial charge in [0.15, 0.2) is 5.78 Å². The van der Waals surface area contributed by atoms with Crippen molar-refractivity contribution < 1.29 is 4.79 Å². The summed E-state index contributed by atoms with van der Waals surface area (Å²) in [5.41, 5.74) is 1.49. The molecule has 19 heavy (non-hydrogen) atoms. The van der Waals surface area contributed by atoms with Crippen molar-refractivity contribution in [2.45, 2.75) is 26.7 Å². The normalized spacial score (nSPS) is 17.5. The van der Waals surface area contributed by atoms with Gasteiger partial charge in [0.1, 0.15) is 0 Å². The maximum Gasteiger partial charge on any atom is 0.200 e. The lowest BCUT2D eigenvalue weighted by Gasteiger charge is -2.29. The van der Waals surface area contributed by atoms with Gasteiger partial charge in [-0.05, 0) is 30.0 Å². The van der Waals surface area contributed by atoms with E-state index in [1.807, 2.05) is 13.8 Å². The van der Waals surface area contributed by atoms with Crippen LogP contribution in [-0.2, 0) is 6.42 Å². The van der Waals surface area contributed by atoms with Crippen molar-refractivity contribution in [3.63, 3.8) is 0 Å². The molecular weight excluding hydrogens is 262 g/mol. The lowest BCUT2D eigenvalue weighted by molar-refractivity contribution is 0.0909. The van der Waals surface area contributed by atoms with Crippen LogP contribution in [0.5, 0.6) is 0 Å². The molecular formula is C15H14ClNO2. The third-order valence-electron chi connectivity index (χ3n) is 3.61. The molecule has 2 aromatic rings. The van der Waals surface area contributed by atoms with Crippen molar-refractivity contribution in [3.8, 4) is 0 Å². The van der Waals surface area contributed by atoms with Crippen molar-refractivity contribution in [1.29, 1.82) is 0 Å². The quantitative estimate of drug-likeness (QED) is 0.802. The van der Waals surface area contributed by atoms with Crippen molar-refractivity contribution in [1.82, 2.24) is 4.98 Å². The number of aromatic amines is 1. The minimum atomic E-state index is -0.202. The van der Waals surface area contributed by atoms with Crippen molar-refractivity contribution in [2.24, 2.45) is 5.41 Å². The number of halogens is 1. The zero-order valence-corrected chi connectivity index (χ0v) is 11.6. The molecule has 0 radical (unpaired) electrons. The number of Topliss-reactive ketones (excluding diaryl/α,β-unsaturated/α-hetero) is 1. The van der Waals surface area contributed by atoms with E-state index in [-0.39, 0.29) is 16.6 Å². The Labute approximate surface area is 115 Å². The van der Waals surface area contributed by atoms with Gasteiger partial charge in [0, 0.05) is 28.0 Å². The van der Waals surface area contributed by atoms with E-state index in [1.54, 1.807) is 18.2 Å². The fourth-order valence-corrected chi connectivity index (χ4v) is 2.97. The van der Waals surface area contributed by atoms with E-state index in [2.05, 4.69) is 4.98 Å². The van der Waals surface area contributed by atoms with Gasteiger partial charge in [-0.3, -0.25) is 9.59 Å². The van der Waals surface area contributed by atoms with Gasteiger partial charge in [0.25, 0.3) is 0 Å². The zero-order chi connectivity index (χ0) is 13.8. The molecule has 1 aromatic carbocycles. The van der Waals surface area contributed by atoms with Crippen LogP contribution in [0.4, 0.5) is 0 Å². The number of aromatic nitrogens is 1. The Morgan fingerprint density at radius 2 is 1.95 bits per heavy atom. The number of hydrogen-bond acceptors (Lipinski definition) is 2. The maximum atomic E-state index is 12.4. The summed E-state index contributed by atoms with van der Waals surface area (Å²) >= 11 is 5.92. The third kappa shape index (κ3) is 1.98. The van der Waals surface area contributed by atoms with E-state index in [4.69, 9.17) is 11.6 Å². The molecule has 1 aliphatic rings. The Balaban J connectivity index is 2.37. The Kier molecular flexibility index (Phi) is 2.58. The minimum absolute atomic E-state index is 0.0747. The van der Waals surface area contributed by atoms with Crippen molar-refractivity contribution >= 4 is 28.3 Å². The zero-order valence-electron chi connectivity index (χ0n) is 10.8. The first-order valence-corrected chi connectivity index (χ1v) is 6.63. The number of ketones is 1. The predicted molar refractivity (Wildman–Crippen MR) is 76.0 cm³/mol. The van der Waals surface area contributed by atoms with Crippen LogP contribution in [0.3, 0.4) is 0 Å². The smallest absolute Gasteiger partial charge is 0.200 e. The Hall–Kier alpha value is -1.61. The highest BCUT2D eigenvalue weighted by Gasteiger charge is 2.33. The summed E-state index contributed by atoms with van der Waals surface area (Å²) < 4.78 is 0. The number of fused-ring (bicyclic) bond motifs is 2. The summed E-state index contributed by atoms with van der Waals surface area (Å²) in [6.07, 6.45) is 1.12. The molecule has 1 heterocycles. The first kappa shape index (κ1) is 12.4. The Bertz CT molecular complexity index is 759. The summed E-state index contributed by atoms with van der Waals surface area (Å²) in [7, 11) is 0. The number of benzene rings is 1. The SMILES string of the molecule is CC1(C)CC(=O)c2c([nH]c3ccc(Cl)cc3c2=O)C1. The Morgan fingerprint density at radius 3 is 2.68 bits per heavy atom. The van der Waals surface area contributed by atoms with Crippen LogP contribution in [0.1, 0.15) is 36.3 Å². The molecule has 0 aliphatic heterocycles. The van der Waals surface area contributed by atoms with Crippen LogP contribution in [0.25, 0.3) is 10.9 Å². The number of carbonyl (C=O) groups is 1. The molecule has 0 bridgehead atoms. The number of H-pyrrole nitrogens is 1. The molecule has 0 saturated heterocycles. The molecule has 0 fully saturated rings. The summed E-state index contributed by atoms with van der Waals surface area (Å²) in [5.74, 6) is -0.0747. The second kappa shape index (κ2) is 3.94. The molecule has 0 spiro atoms. The maximum absolute atomic E-state index is 12.4. The van der Waals surface area contributed by atoms with Crippen molar-refractivity contribution in [3.05, 3.63) is 44.7 Å². The molecule has 1 N–H and O–H groups in total. The fourth-order valence-electron chi connectivity index (χ4n) is 2.80. The molecule has 3 nitrogen and oxygen atoms in total. The number of rotatable bonds is 0. The topological polar surface area (TPSA) is 49.9 Å². The molecule has 0 amide bonds. The van der Waals surface area contributed by atoms with Gasteiger partial charge >= 0.3 is 0 Å². The van der Waals surface area contributed by atoms with Crippen LogP contribution in [-0.4, -0.2) is 10.8 Å². The van der Waals surface area contributed by atoms with Crippen LogP contribution in [0.15, 0.2) is 23.0 Å². The summed E-state index contributed by atoms with van der Waals surface area (Å²) in [6.45, 7) is 4.08. The van der Waals surface area contributed by atoms with Gasteiger partial charge in [-0.1, -0.05) is 25.4 Å². The van der Waals surface area contributed by atoms with Crippen LogP contribution in [0.2, 0.25) is 5.02 Å². The molecule has 4 heteroatoms. The molecule has 98 valence electrons. The molecule has 1 aliphatic carbocycles. The monoisotopic (exact) mass is 275 g/mol. The van der Waals surface area contributed by atoms with Crippen LogP contribution in [0, 0.1) is 5.41 Å². The highest BCUT2D eigenvalue weighted by Crippen LogP contribution is 2.33. The van der Waals surface area contributed by atoms with E-state index in [0.717, 1.165) is 11.2 Å². The van der Waals surface area contributed by atoms with Gasteiger partial charge in [0.05, 0.1) is 5.56 Å². The van der Waals surface area contributed by atoms with E-state index < -0.39 is 0 Å². The van der Waals surface area contributed by atoms with Crippen LogP contribution < -0.4 is 5.43 Å². The van der Waals surface area contributed by atoms with E-state index in [0.29, 0.717) is 28.8 Å². The number of nitrogens with one attached hydrogen (secondary N) is 1. The summed E-state index contributed by atoms with van der Waals surface area (Å²) in [6, 6.07) is 5.14. The fraction of sp³-hybridized carbons (Fsp3) is 0.333. The van der Waals surface area contributed by atoms with Gasteiger partial charge in [-0.15, -0.1) is 0 Å². The lowest BCUT2D eigenvalue weighted by atomic mass is 9.75. The molecule has 0 saturated carbocycles. The molecule has 0 unspecified atom stereocenters.